The van der Waals surface area contributed by atoms with Gasteiger partial charge in [0.25, 0.3) is 0 Å². The normalized spacial score (nSPS) is 11.6. The van der Waals surface area contributed by atoms with Gasteiger partial charge in [0.05, 0.1) is 5.69 Å². The van der Waals surface area contributed by atoms with Crippen LogP contribution in [0.2, 0.25) is 0 Å². The molecule has 1 heterocycles. The van der Waals surface area contributed by atoms with Crippen molar-refractivity contribution in [2.45, 2.75) is 52.9 Å². The Balaban J connectivity index is 2.95. The Kier molecular flexibility index (Phi) is 4.91. The summed E-state index contributed by atoms with van der Waals surface area (Å²) >= 11 is 0. The summed E-state index contributed by atoms with van der Waals surface area (Å²) in [6.07, 6.45) is 4.13. The molecule has 3 heteroatoms. The molecule has 1 rings (SSSR count). The fourth-order valence-corrected chi connectivity index (χ4v) is 1.77. The van der Waals surface area contributed by atoms with Gasteiger partial charge in [0.1, 0.15) is 0 Å². The molecule has 0 saturated heterocycles. The summed E-state index contributed by atoms with van der Waals surface area (Å²) in [7, 11) is 0. The van der Waals surface area contributed by atoms with E-state index in [4.69, 9.17) is 4.98 Å². The van der Waals surface area contributed by atoms with Crippen molar-refractivity contribution in [3.05, 3.63) is 18.0 Å². The van der Waals surface area contributed by atoms with Crippen LogP contribution in [0.25, 0.3) is 0 Å². The van der Waals surface area contributed by atoms with E-state index >= 15 is 0 Å². The number of anilines is 1. The zero-order chi connectivity index (χ0) is 12.9. The van der Waals surface area contributed by atoms with Gasteiger partial charge in [-0.25, -0.2) is 9.97 Å². The summed E-state index contributed by atoms with van der Waals surface area (Å²) in [5.41, 5.74) is 1.20. The van der Waals surface area contributed by atoms with Gasteiger partial charge >= 0.3 is 0 Å². The van der Waals surface area contributed by atoms with Crippen LogP contribution in [0.3, 0.4) is 0 Å². The highest BCUT2D eigenvalue weighted by molar-refractivity contribution is 5.31. The van der Waals surface area contributed by atoms with Crippen molar-refractivity contribution in [1.82, 2.24) is 9.97 Å². The van der Waals surface area contributed by atoms with Crippen LogP contribution >= 0.6 is 0 Å². The maximum atomic E-state index is 4.70. The molecule has 0 fully saturated rings. The molecule has 0 spiro atoms. The molecule has 0 aliphatic rings. The predicted octanol–water partition coefficient (Wildman–Crippen LogP) is 3.40. The lowest BCUT2D eigenvalue weighted by atomic mass is 9.92. The summed E-state index contributed by atoms with van der Waals surface area (Å²) in [5, 5.41) is 0. The van der Waals surface area contributed by atoms with E-state index in [0.29, 0.717) is 0 Å². The van der Waals surface area contributed by atoms with E-state index < -0.39 is 0 Å². The minimum atomic E-state index is 0.0851. The largest absolute Gasteiger partial charge is 0.341 e. The van der Waals surface area contributed by atoms with E-state index in [1.54, 1.807) is 0 Å². The average Bonchev–Trinajstić information content (AvgIpc) is 2.28. The van der Waals surface area contributed by atoms with Gasteiger partial charge in [0, 0.05) is 24.7 Å². The molecule has 17 heavy (non-hydrogen) atoms. The Labute approximate surface area is 105 Å². The van der Waals surface area contributed by atoms with Gasteiger partial charge in [-0.3, -0.25) is 0 Å². The zero-order valence-corrected chi connectivity index (χ0v) is 11.8. The third-order valence-electron chi connectivity index (χ3n) is 2.68. The Morgan fingerprint density at radius 3 is 2.18 bits per heavy atom. The summed E-state index contributed by atoms with van der Waals surface area (Å²) < 4.78 is 0. The highest BCUT2D eigenvalue weighted by Crippen LogP contribution is 2.21. The first kappa shape index (κ1) is 13.9. The second kappa shape index (κ2) is 5.99. The first-order valence-corrected chi connectivity index (χ1v) is 6.57. The third-order valence-corrected chi connectivity index (χ3v) is 2.68. The van der Waals surface area contributed by atoms with Crippen molar-refractivity contribution in [2.75, 3.05) is 18.0 Å². The summed E-state index contributed by atoms with van der Waals surface area (Å²) in [5.74, 6) is 0.876. The van der Waals surface area contributed by atoms with Crippen LogP contribution in [-0.2, 0) is 5.41 Å². The lowest BCUT2D eigenvalue weighted by Crippen LogP contribution is -2.28. The summed E-state index contributed by atoms with van der Waals surface area (Å²) in [6.45, 7) is 13.0. The van der Waals surface area contributed by atoms with Crippen molar-refractivity contribution in [2.24, 2.45) is 0 Å². The van der Waals surface area contributed by atoms with Crippen LogP contribution in [0.4, 0.5) is 5.95 Å². The van der Waals surface area contributed by atoms with Crippen molar-refractivity contribution in [1.29, 1.82) is 0 Å². The Morgan fingerprint density at radius 2 is 1.71 bits per heavy atom. The van der Waals surface area contributed by atoms with Gasteiger partial charge < -0.3 is 4.90 Å². The Morgan fingerprint density at radius 1 is 1.12 bits per heavy atom. The SMILES string of the molecule is CCCN(CCC)c1nccc(C(C)(C)C)n1. The zero-order valence-electron chi connectivity index (χ0n) is 11.8. The minimum absolute atomic E-state index is 0.0851. The predicted molar refractivity (Wildman–Crippen MR) is 73.5 cm³/mol. The maximum absolute atomic E-state index is 4.70. The van der Waals surface area contributed by atoms with Gasteiger partial charge in [0.15, 0.2) is 0 Å². The molecule has 0 atom stereocenters. The average molecular weight is 235 g/mol. The van der Waals surface area contributed by atoms with E-state index in [1.165, 1.54) is 0 Å². The maximum Gasteiger partial charge on any atom is 0.225 e. The number of aromatic nitrogens is 2. The van der Waals surface area contributed by atoms with Crippen molar-refractivity contribution in [3.63, 3.8) is 0 Å². The second-order valence-corrected chi connectivity index (χ2v) is 5.48. The molecule has 0 aromatic carbocycles. The molecule has 3 nitrogen and oxygen atoms in total. The highest BCUT2D eigenvalue weighted by Gasteiger charge is 2.17. The highest BCUT2D eigenvalue weighted by atomic mass is 15.2. The van der Waals surface area contributed by atoms with E-state index in [1.807, 2.05) is 12.3 Å². The van der Waals surface area contributed by atoms with E-state index in [-0.39, 0.29) is 5.41 Å². The summed E-state index contributed by atoms with van der Waals surface area (Å²) in [6, 6.07) is 2.01. The first-order chi connectivity index (χ1) is 7.99. The number of nitrogens with zero attached hydrogens (tertiary/aromatic N) is 3. The fraction of sp³-hybridized carbons (Fsp3) is 0.714. The van der Waals surface area contributed by atoms with Crippen LogP contribution in [0.15, 0.2) is 12.3 Å². The number of hydrogen-bond donors (Lipinski definition) is 0. The van der Waals surface area contributed by atoms with Crippen LogP contribution in [0.5, 0.6) is 0 Å². The topological polar surface area (TPSA) is 29.0 Å². The van der Waals surface area contributed by atoms with E-state index in [0.717, 1.165) is 37.6 Å². The number of rotatable bonds is 5. The molecular weight excluding hydrogens is 210 g/mol. The molecule has 0 saturated carbocycles. The summed E-state index contributed by atoms with van der Waals surface area (Å²) in [4.78, 5) is 11.4. The van der Waals surface area contributed by atoms with Crippen LogP contribution in [0, 0.1) is 0 Å². The van der Waals surface area contributed by atoms with E-state index in [9.17, 15) is 0 Å². The molecule has 0 aliphatic carbocycles. The third kappa shape index (κ3) is 3.99. The molecular formula is C14H25N3. The smallest absolute Gasteiger partial charge is 0.225 e. The molecule has 1 aromatic heterocycles. The molecule has 0 radical (unpaired) electrons. The van der Waals surface area contributed by atoms with Gasteiger partial charge in [-0.15, -0.1) is 0 Å². The van der Waals surface area contributed by atoms with Gasteiger partial charge in [0.2, 0.25) is 5.95 Å². The molecule has 0 bridgehead atoms. The second-order valence-electron chi connectivity index (χ2n) is 5.48. The lowest BCUT2D eigenvalue weighted by molar-refractivity contribution is 0.564. The number of hydrogen-bond acceptors (Lipinski definition) is 3. The molecule has 0 aliphatic heterocycles. The van der Waals surface area contributed by atoms with E-state index in [2.05, 4.69) is 44.5 Å². The quantitative estimate of drug-likeness (QED) is 0.783. The lowest BCUT2D eigenvalue weighted by Gasteiger charge is -2.24. The van der Waals surface area contributed by atoms with Gasteiger partial charge in [-0.05, 0) is 18.9 Å². The molecule has 0 unspecified atom stereocenters. The Bertz CT molecular complexity index is 336. The van der Waals surface area contributed by atoms with Crippen molar-refractivity contribution >= 4 is 5.95 Å². The van der Waals surface area contributed by atoms with Crippen LogP contribution < -0.4 is 4.90 Å². The standard InChI is InChI=1S/C14H25N3/c1-6-10-17(11-7-2)13-15-9-8-12(16-13)14(3,4)5/h8-9H,6-7,10-11H2,1-5H3. The van der Waals surface area contributed by atoms with Crippen LogP contribution in [-0.4, -0.2) is 23.1 Å². The van der Waals surface area contributed by atoms with Gasteiger partial charge in [-0.1, -0.05) is 34.6 Å². The van der Waals surface area contributed by atoms with Gasteiger partial charge in [-0.2, -0.15) is 0 Å². The Hall–Kier alpha value is -1.12. The molecule has 96 valence electrons. The molecule has 0 amide bonds. The van der Waals surface area contributed by atoms with Crippen LogP contribution in [0.1, 0.15) is 53.2 Å². The fourth-order valence-electron chi connectivity index (χ4n) is 1.77. The minimum Gasteiger partial charge on any atom is -0.341 e. The molecule has 1 aromatic rings. The monoisotopic (exact) mass is 235 g/mol. The molecule has 0 N–H and O–H groups in total. The van der Waals surface area contributed by atoms with Crippen molar-refractivity contribution < 1.29 is 0 Å². The first-order valence-electron chi connectivity index (χ1n) is 6.57. The van der Waals surface area contributed by atoms with Crippen molar-refractivity contribution in [3.8, 4) is 0 Å².